The number of benzene rings is 3. The Kier molecular flexibility index (Phi) is 8.62. The van der Waals surface area contributed by atoms with Crippen LogP contribution in [0, 0.1) is 5.82 Å². The van der Waals surface area contributed by atoms with E-state index in [4.69, 9.17) is 4.74 Å². The number of nitrogens with zero attached hydrogens (tertiary/aromatic N) is 5. The minimum atomic E-state index is -0.953. The Morgan fingerprint density at radius 1 is 1.05 bits per heavy atom. The van der Waals surface area contributed by atoms with Crippen LogP contribution in [-0.4, -0.2) is 55.1 Å². The summed E-state index contributed by atoms with van der Waals surface area (Å²) in [5.74, 6) is -0.139. The topological polar surface area (TPSA) is 118 Å². The molecule has 0 saturated heterocycles. The molecule has 0 aliphatic heterocycles. The average Bonchev–Trinajstić information content (AvgIpc) is 3.69. The third kappa shape index (κ3) is 6.31. The lowest BCUT2D eigenvalue weighted by atomic mass is 9.94. The number of nitrogens with one attached hydrogen (secondary N) is 2. The molecule has 1 aliphatic rings. The number of hydrogen-bond acceptors (Lipinski definition) is 6. The quantitative estimate of drug-likeness (QED) is 0.230. The van der Waals surface area contributed by atoms with Crippen molar-refractivity contribution in [1.29, 1.82) is 0 Å². The Morgan fingerprint density at radius 3 is 2.59 bits per heavy atom. The molecular weight excluding hydrogens is 561 g/mol. The molecule has 2 heterocycles. The molecule has 2 aromatic heterocycles. The minimum absolute atomic E-state index is 0.0439. The predicted octanol–water partition coefficient (Wildman–Crippen LogP) is 5.19. The highest BCUT2D eigenvalue weighted by atomic mass is 19.1. The molecule has 1 fully saturated rings. The fraction of sp³-hybridized carbons (Fsp3) is 0.303. The predicted molar refractivity (Wildman–Crippen MR) is 163 cm³/mol. The van der Waals surface area contributed by atoms with Gasteiger partial charge in [0.1, 0.15) is 24.2 Å². The number of halogens is 1. The van der Waals surface area contributed by atoms with Crippen LogP contribution in [0.5, 0.6) is 5.75 Å². The van der Waals surface area contributed by atoms with Gasteiger partial charge in [-0.05, 0) is 54.5 Å². The van der Waals surface area contributed by atoms with Crippen molar-refractivity contribution in [3.05, 3.63) is 95.9 Å². The first-order valence-electron chi connectivity index (χ1n) is 14.8. The summed E-state index contributed by atoms with van der Waals surface area (Å²) < 4.78 is 19.1. The summed E-state index contributed by atoms with van der Waals surface area (Å²) in [6.07, 6.45) is 6.88. The Labute approximate surface area is 254 Å². The number of rotatable bonds is 10. The summed E-state index contributed by atoms with van der Waals surface area (Å²) in [4.78, 5) is 34.6. The van der Waals surface area contributed by atoms with Gasteiger partial charge in [-0.15, -0.1) is 10.2 Å². The van der Waals surface area contributed by atoms with Crippen molar-refractivity contribution in [2.24, 2.45) is 0 Å². The Hall–Kier alpha value is -5.06. The van der Waals surface area contributed by atoms with E-state index < -0.39 is 6.04 Å². The molecule has 6 rings (SSSR count). The summed E-state index contributed by atoms with van der Waals surface area (Å²) in [5, 5.41) is 16.7. The van der Waals surface area contributed by atoms with Gasteiger partial charge in [-0.2, -0.15) is 4.80 Å². The second kappa shape index (κ2) is 13.1. The second-order valence-corrected chi connectivity index (χ2v) is 11.0. The number of carbonyl (C=O) groups excluding carboxylic acids is 2. The number of H-pyrrole nitrogens is 1. The largest absolute Gasteiger partial charge is 0.496 e. The molecule has 1 atom stereocenters. The number of tetrazole rings is 1. The number of hydrogen-bond donors (Lipinski definition) is 2. The molecule has 11 heteroatoms. The lowest BCUT2D eigenvalue weighted by Crippen LogP contribution is -2.47. The Bertz CT molecular complexity index is 1740. The van der Waals surface area contributed by atoms with Crippen LogP contribution in [0.15, 0.2) is 79.0 Å². The number of amides is 2. The molecule has 0 spiro atoms. The third-order valence-corrected chi connectivity index (χ3v) is 8.11. The lowest BCUT2D eigenvalue weighted by Gasteiger charge is -2.33. The highest BCUT2D eigenvalue weighted by Gasteiger charge is 2.35. The second-order valence-electron chi connectivity index (χ2n) is 11.0. The molecule has 226 valence electrons. The molecule has 1 saturated carbocycles. The summed E-state index contributed by atoms with van der Waals surface area (Å²) in [7, 11) is 1.58. The number of aromatic amines is 1. The molecular formula is C33H34FN7O3. The van der Waals surface area contributed by atoms with Gasteiger partial charge in [0.05, 0.1) is 13.7 Å². The lowest BCUT2D eigenvalue weighted by molar-refractivity contribution is -0.142. The summed E-state index contributed by atoms with van der Waals surface area (Å²) >= 11 is 0. The van der Waals surface area contributed by atoms with E-state index in [9.17, 15) is 14.0 Å². The van der Waals surface area contributed by atoms with E-state index >= 15 is 0 Å². The van der Waals surface area contributed by atoms with Gasteiger partial charge >= 0.3 is 0 Å². The summed E-state index contributed by atoms with van der Waals surface area (Å²) in [5.41, 5.74) is 2.87. The Balaban J connectivity index is 1.38. The first kappa shape index (κ1) is 29.0. The van der Waals surface area contributed by atoms with Crippen molar-refractivity contribution in [2.75, 3.05) is 7.11 Å². The van der Waals surface area contributed by atoms with Crippen molar-refractivity contribution in [3.63, 3.8) is 0 Å². The minimum Gasteiger partial charge on any atom is -0.496 e. The summed E-state index contributed by atoms with van der Waals surface area (Å²) in [6.45, 7) is -0.163. The van der Waals surface area contributed by atoms with Gasteiger partial charge in [-0.3, -0.25) is 9.59 Å². The SMILES string of the molecule is COc1ccccc1CN(C(=O)Cn1nnc(-c2ccc(F)cc2)n1)C(C(=O)NC1CCCCC1)c1c[nH]c2ccccc12. The zero-order chi connectivity index (χ0) is 30.5. The zero-order valence-corrected chi connectivity index (χ0v) is 24.4. The van der Waals surface area contributed by atoms with Crippen LogP contribution in [0.1, 0.15) is 49.3 Å². The number of para-hydroxylation sites is 2. The fourth-order valence-corrected chi connectivity index (χ4v) is 5.88. The molecule has 10 nitrogen and oxygen atoms in total. The monoisotopic (exact) mass is 595 g/mol. The molecule has 2 N–H and O–H groups in total. The maximum atomic E-state index is 14.3. The maximum absolute atomic E-state index is 14.3. The van der Waals surface area contributed by atoms with Gasteiger partial charge in [0.25, 0.3) is 0 Å². The van der Waals surface area contributed by atoms with E-state index in [-0.39, 0.29) is 42.6 Å². The van der Waals surface area contributed by atoms with Crippen LogP contribution in [0.25, 0.3) is 22.3 Å². The highest BCUT2D eigenvalue weighted by Crippen LogP contribution is 2.32. The van der Waals surface area contributed by atoms with Crippen LogP contribution >= 0.6 is 0 Å². The van der Waals surface area contributed by atoms with Gasteiger partial charge in [0.15, 0.2) is 0 Å². The Morgan fingerprint density at radius 2 is 1.80 bits per heavy atom. The van der Waals surface area contributed by atoms with Gasteiger partial charge in [-0.1, -0.05) is 55.7 Å². The molecule has 0 radical (unpaired) electrons. The molecule has 0 bridgehead atoms. The first-order chi connectivity index (χ1) is 21.5. The molecule has 44 heavy (non-hydrogen) atoms. The third-order valence-electron chi connectivity index (χ3n) is 8.11. The van der Waals surface area contributed by atoms with E-state index in [0.29, 0.717) is 16.9 Å². The van der Waals surface area contributed by atoms with Crippen molar-refractivity contribution < 1.29 is 18.7 Å². The van der Waals surface area contributed by atoms with E-state index in [1.165, 1.54) is 16.9 Å². The van der Waals surface area contributed by atoms with Crippen LogP contribution < -0.4 is 10.1 Å². The van der Waals surface area contributed by atoms with Crippen LogP contribution in [-0.2, 0) is 22.7 Å². The number of ether oxygens (including phenoxy) is 1. The van der Waals surface area contributed by atoms with Gasteiger partial charge in [0.2, 0.25) is 17.6 Å². The standard InChI is InChI=1S/C33H34FN7O3/c1-44-29-14-8-5-9-23(29)20-40(30(42)21-41-38-32(37-39-41)22-15-17-24(34)18-16-22)31(33(43)36-25-10-3-2-4-11-25)27-19-35-28-13-7-6-12-26(27)28/h5-9,12-19,25,31,35H,2-4,10-11,20-21H2,1H3,(H,36,43). The number of aromatic nitrogens is 5. The molecule has 3 aromatic carbocycles. The smallest absolute Gasteiger partial charge is 0.247 e. The molecule has 1 unspecified atom stereocenters. The van der Waals surface area contributed by atoms with Gasteiger partial charge in [0, 0.05) is 39.8 Å². The van der Waals surface area contributed by atoms with Crippen molar-refractivity contribution in [2.45, 2.75) is 57.3 Å². The van der Waals surface area contributed by atoms with E-state index in [1.54, 1.807) is 30.3 Å². The van der Waals surface area contributed by atoms with Crippen LogP contribution in [0.4, 0.5) is 4.39 Å². The number of carbonyl (C=O) groups is 2. The maximum Gasteiger partial charge on any atom is 0.247 e. The number of fused-ring (bicyclic) bond motifs is 1. The molecule has 5 aromatic rings. The zero-order valence-electron chi connectivity index (χ0n) is 24.4. The highest BCUT2D eigenvalue weighted by molar-refractivity contribution is 5.94. The normalized spacial score (nSPS) is 14.3. The first-order valence-corrected chi connectivity index (χ1v) is 14.8. The fourth-order valence-electron chi connectivity index (χ4n) is 5.88. The van der Waals surface area contributed by atoms with E-state index in [0.717, 1.165) is 48.6 Å². The van der Waals surface area contributed by atoms with Gasteiger partial charge in [-0.25, -0.2) is 4.39 Å². The van der Waals surface area contributed by atoms with Crippen molar-refractivity contribution in [1.82, 2.24) is 35.4 Å². The van der Waals surface area contributed by atoms with Gasteiger partial charge < -0.3 is 19.9 Å². The van der Waals surface area contributed by atoms with Crippen LogP contribution in [0.2, 0.25) is 0 Å². The number of methoxy groups -OCH3 is 1. The summed E-state index contributed by atoms with van der Waals surface area (Å²) in [6, 6.07) is 20.0. The van der Waals surface area contributed by atoms with Crippen molar-refractivity contribution >= 4 is 22.7 Å². The van der Waals surface area contributed by atoms with Crippen molar-refractivity contribution in [3.8, 4) is 17.1 Å². The average molecular weight is 596 g/mol. The molecule has 1 aliphatic carbocycles. The molecule has 2 amide bonds. The van der Waals surface area contributed by atoms with E-state index in [1.807, 2.05) is 48.5 Å². The van der Waals surface area contributed by atoms with E-state index in [2.05, 4.69) is 25.7 Å². The van der Waals surface area contributed by atoms with Crippen LogP contribution in [0.3, 0.4) is 0 Å².